The Hall–Kier alpha value is -2.91. The van der Waals surface area contributed by atoms with Crippen LogP contribution in [0.1, 0.15) is 31.8 Å². The Morgan fingerprint density at radius 2 is 1.62 bits per heavy atom. The maximum Gasteiger partial charge on any atom is 0.253 e. The normalized spacial score (nSPS) is 11.8. The molecule has 0 heterocycles. The smallest absolute Gasteiger partial charge is 0.253 e. The van der Waals surface area contributed by atoms with Crippen molar-refractivity contribution in [2.45, 2.75) is 6.54 Å². The van der Waals surface area contributed by atoms with Crippen molar-refractivity contribution in [2.24, 2.45) is 0 Å². The van der Waals surface area contributed by atoms with Crippen molar-refractivity contribution in [1.29, 1.82) is 0 Å². The lowest BCUT2D eigenvalue weighted by Crippen LogP contribution is -2.26. The first-order valence-corrected chi connectivity index (χ1v) is 8.70. The molecule has 0 saturated heterocycles. The number of rotatable bonds is 3. The second kappa shape index (κ2) is 6.43. The standard InChI is InChI=1S/C22H16ClNO2/c1-24(13-14-5-4-6-16(23)11-14)22(26)15-9-10-18-17-7-2-3-8-19(17)21(25)20(18)12-15/h2-12H,13H2,1H3. The molecular weight excluding hydrogens is 346 g/mol. The van der Waals surface area contributed by atoms with Crippen molar-refractivity contribution in [1.82, 2.24) is 4.90 Å². The second-order valence-electron chi connectivity index (χ2n) is 6.43. The van der Waals surface area contributed by atoms with Crippen LogP contribution in [0.5, 0.6) is 0 Å². The van der Waals surface area contributed by atoms with E-state index in [1.54, 1.807) is 30.1 Å². The lowest BCUT2D eigenvalue weighted by molar-refractivity contribution is 0.0785. The lowest BCUT2D eigenvalue weighted by atomic mass is 10.0. The summed E-state index contributed by atoms with van der Waals surface area (Å²) in [5.41, 5.74) is 4.57. The summed E-state index contributed by atoms with van der Waals surface area (Å²) in [7, 11) is 1.74. The molecule has 3 aromatic rings. The first kappa shape index (κ1) is 16.6. The molecule has 0 bridgehead atoms. The molecule has 0 N–H and O–H groups in total. The molecule has 0 aromatic heterocycles. The topological polar surface area (TPSA) is 37.4 Å². The summed E-state index contributed by atoms with van der Waals surface area (Å²) in [6.45, 7) is 0.449. The number of amides is 1. The van der Waals surface area contributed by atoms with Gasteiger partial charge in [0.1, 0.15) is 0 Å². The zero-order valence-electron chi connectivity index (χ0n) is 14.2. The SMILES string of the molecule is CN(Cc1cccc(Cl)c1)C(=O)c1ccc2c(c1)C(=O)c1ccccc1-2. The molecule has 0 aliphatic heterocycles. The van der Waals surface area contributed by atoms with Crippen LogP contribution in [-0.4, -0.2) is 23.6 Å². The number of nitrogens with zero attached hydrogens (tertiary/aromatic N) is 1. The van der Waals surface area contributed by atoms with Crippen LogP contribution in [0.4, 0.5) is 0 Å². The minimum absolute atomic E-state index is 0.0252. The number of benzene rings is 3. The van der Waals surface area contributed by atoms with Crippen LogP contribution in [0.3, 0.4) is 0 Å². The number of hydrogen-bond donors (Lipinski definition) is 0. The van der Waals surface area contributed by atoms with Crippen LogP contribution < -0.4 is 0 Å². The molecule has 4 heteroatoms. The van der Waals surface area contributed by atoms with E-state index >= 15 is 0 Å². The van der Waals surface area contributed by atoms with Gasteiger partial charge in [-0.2, -0.15) is 0 Å². The van der Waals surface area contributed by atoms with Gasteiger partial charge in [0.25, 0.3) is 5.91 Å². The van der Waals surface area contributed by atoms with Crippen molar-refractivity contribution in [3.05, 3.63) is 94.0 Å². The quantitative estimate of drug-likeness (QED) is 0.524. The maximum atomic E-state index is 12.8. The highest BCUT2D eigenvalue weighted by Gasteiger charge is 2.27. The molecule has 1 amide bonds. The molecule has 0 saturated carbocycles. The molecule has 26 heavy (non-hydrogen) atoms. The van der Waals surface area contributed by atoms with Crippen LogP contribution in [0, 0.1) is 0 Å². The average molecular weight is 362 g/mol. The van der Waals surface area contributed by atoms with Gasteiger partial charge in [-0.25, -0.2) is 0 Å². The third-order valence-electron chi connectivity index (χ3n) is 4.63. The van der Waals surface area contributed by atoms with E-state index in [-0.39, 0.29) is 11.7 Å². The molecule has 128 valence electrons. The van der Waals surface area contributed by atoms with E-state index in [2.05, 4.69) is 0 Å². The fourth-order valence-electron chi connectivity index (χ4n) is 3.36. The van der Waals surface area contributed by atoms with E-state index in [1.165, 1.54) is 0 Å². The highest BCUT2D eigenvalue weighted by Crippen LogP contribution is 2.36. The van der Waals surface area contributed by atoms with Crippen LogP contribution in [0.15, 0.2) is 66.7 Å². The Morgan fingerprint density at radius 1 is 0.885 bits per heavy atom. The summed E-state index contributed by atoms with van der Waals surface area (Å²) in [5, 5.41) is 0.643. The summed E-state index contributed by atoms with van der Waals surface area (Å²) in [4.78, 5) is 27.0. The van der Waals surface area contributed by atoms with E-state index in [9.17, 15) is 9.59 Å². The van der Waals surface area contributed by atoms with Crippen molar-refractivity contribution >= 4 is 23.3 Å². The number of carbonyl (C=O) groups is 2. The second-order valence-corrected chi connectivity index (χ2v) is 6.86. The highest BCUT2D eigenvalue weighted by molar-refractivity contribution is 6.30. The van der Waals surface area contributed by atoms with E-state index in [1.807, 2.05) is 48.5 Å². The summed E-state index contributed by atoms with van der Waals surface area (Å²) in [6.07, 6.45) is 0. The number of halogens is 1. The molecule has 4 rings (SSSR count). The third-order valence-corrected chi connectivity index (χ3v) is 4.86. The minimum atomic E-state index is -0.128. The highest BCUT2D eigenvalue weighted by atomic mass is 35.5. The molecular formula is C22H16ClNO2. The summed E-state index contributed by atoms with van der Waals surface area (Å²) in [5.74, 6) is -0.153. The monoisotopic (exact) mass is 361 g/mol. The van der Waals surface area contributed by atoms with Crippen LogP contribution in [0.25, 0.3) is 11.1 Å². The van der Waals surface area contributed by atoms with Gasteiger partial charge in [-0.15, -0.1) is 0 Å². The van der Waals surface area contributed by atoms with Gasteiger partial charge in [0, 0.05) is 35.3 Å². The summed E-state index contributed by atoms with van der Waals surface area (Å²) >= 11 is 6.01. The summed E-state index contributed by atoms with van der Waals surface area (Å²) in [6, 6.07) is 20.3. The minimum Gasteiger partial charge on any atom is -0.337 e. The first-order chi connectivity index (χ1) is 12.5. The Morgan fingerprint density at radius 3 is 2.38 bits per heavy atom. The van der Waals surface area contributed by atoms with Gasteiger partial charge in [0.15, 0.2) is 5.78 Å². The Labute approximate surface area is 156 Å². The van der Waals surface area contributed by atoms with Gasteiger partial charge in [-0.05, 0) is 41.0 Å². The molecule has 1 aliphatic carbocycles. The summed E-state index contributed by atoms with van der Waals surface area (Å²) < 4.78 is 0. The Balaban J connectivity index is 1.61. The fraction of sp³-hybridized carbons (Fsp3) is 0.0909. The zero-order valence-corrected chi connectivity index (χ0v) is 15.0. The van der Waals surface area contributed by atoms with E-state index in [0.717, 1.165) is 16.7 Å². The molecule has 1 aliphatic rings. The predicted molar refractivity (Wildman–Crippen MR) is 103 cm³/mol. The lowest BCUT2D eigenvalue weighted by Gasteiger charge is -2.18. The Bertz CT molecular complexity index is 1040. The van der Waals surface area contributed by atoms with E-state index < -0.39 is 0 Å². The number of ketones is 1. The zero-order chi connectivity index (χ0) is 18.3. The number of fused-ring (bicyclic) bond motifs is 3. The fourth-order valence-corrected chi connectivity index (χ4v) is 3.58. The van der Waals surface area contributed by atoms with E-state index in [0.29, 0.717) is 28.3 Å². The van der Waals surface area contributed by atoms with Crippen LogP contribution >= 0.6 is 11.6 Å². The first-order valence-electron chi connectivity index (χ1n) is 8.32. The molecule has 3 nitrogen and oxygen atoms in total. The van der Waals surface area contributed by atoms with Gasteiger partial charge in [-0.1, -0.05) is 54.1 Å². The van der Waals surface area contributed by atoms with E-state index in [4.69, 9.17) is 11.6 Å². The predicted octanol–water partition coefficient (Wildman–Crippen LogP) is 4.82. The van der Waals surface area contributed by atoms with Gasteiger partial charge in [0.05, 0.1) is 0 Å². The van der Waals surface area contributed by atoms with Gasteiger partial charge >= 0.3 is 0 Å². The van der Waals surface area contributed by atoms with Crippen LogP contribution in [0.2, 0.25) is 5.02 Å². The Kier molecular flexibility index (Phi) is 4.09. The van der Waals surface area contributed by atoms with Crippen molar-refractivity contribution in [3.63, 3.8) is 0 Å². The molecule has 0 fully saturated rings. The maximum absolute atomic E-state index is 12.8. The van der Waals surface area contributed by atoms with Crippen molar-refractivity contribution in [2.75, 3.05) is 7.05 Å². The average Bonchev–Trinajstić information content (AvgIpc) is 2.93. The molecule has 0 atom stereocenters. The third kappa shape index (κ3) is 2.80. The molecule has 3 aromatic carbocycles. The molecule has 0 spiro atoms. The number of carbonyl (C=O) groups excluding carboxylic acids is 2. The van der Waals surface area contributed by atoms with Crippen LogP contribution in [-0.2, 0) is 6.54 Å². The van der Waals surface area contributed by atoms with Crippen molar-refractivity contribution < 1.29 is 9.59 Å². The number of hydrogen-bond acceptors (Lipinski definition) is 2. The van der Waals surface area contributed by atoms with Gasteiger partial charge in [0.2, 0.25) is 0 Å². The largest absolute Gasteiger partial charge is 0.337 e. The molecule has 0 radical (unpaired) electrons. The molecule has 0 unspecified atom stereocenters. The van der Waals surface area contributed by atoms with Crippen molar-refractivity contribution in [3.8, 4) is 11.1 Å². The van der Waals surface area contributed by atoms with Gasteiger partial charge < -0.3 is 4.90 Å². The van der Waals surface area contributed by atoms with Gasteiger partial charge in [-0.3, -0.25) is 9.59 Å².